The minimum Gasteiger partial charge on any atom is -0.456 e. The molecule has 3 nitrogen and oxygen atoms in total. The molecule has 0 bridgehead atoms. The van der Waals surface area contributed by atoms with E-state index < -0.39 is 0 Å². The lowest BCUT2D eigenvalue weighted by molar-refractivity contribution is 0.104. The van der Waals surface area contributed by atoms with Crippen molar-refractivity contribution in [3.63, 3.8) is 0 Å². The standard InChI is InChI=1S/C27H20ClNO2/c28-25-8-4-5-9-27(25)31-24-16-14-23(15-17-24)29-19-18-26(30)22-12-10-21(11-13-22)20-6-2-1-3-7-20/h1-19,29H/b19-18+. The van der Waals surface area contributed by atoms with Gasteiger partial charge in [-0.05, 0) is 47.5 Å². The van der Waals surface area contributed by atoms with E-state index in [9.17, 15) is 4.79 Å². The van der Waals surface area contributed by atoms with E-state index in [1.807, 2.05) is 97.1 Å². The summed E-state index contributed by atoms with van der Waals surface area (Å²) >= 11 is 6.12. The van der Waals surface area contributed by atoms with Crippen LogP contribution in [0.2, 0.25) is 5.02 Å². The van der Waals surface area contributed by atoms with Gasteiger partial charge in [0.1, 0.15) is 11.5 Å². The maximum absolute atomic E-state index is 12.4. The summed E-state index contributed by atoms with van der Waals surface area (Å²) in [5.41, 5.74) is 3.69. The van der Waals surface area contributed by atoms with Crippen molar-refractivity contribution in [2.75, 3.05) is 5.32 Å². The van der Waals surface area contributed by atoms with E-state index in [4.69, 9.17) is 16.3 Å². The summed E-state index contributed by atoms with van der Waals surface area (Å²) in [5.74, 6) is 1.22. The van der Waals surface area contributed by atoms with Crippen LogP contribution in [-0.4, -0.2) is 5.78 Å². The van der Waals surface area contributed by atoms with Gasteiger partial charge in [-0.25, -0.2) is 0 Å². The molecule has 152 valence electrons. The van der Waals surface area contributed by atoms with Crippen molar-refractivity contribution in [3.05, 3.63) is 126 Å². The monoisotopic (exact) mass is 425 g/mol. The van der Waals surface area contributed by atoms with E-state index in [1.165, 1.54) is 6.08 Å². The van der Waals surface area contributed by atoms with E-state index in [1.54, 1.807) is 12.3 Å². The topological polar surface area (TPSA) is 38.3 Å². The molecule has 0 aliphatic rings. The van der Waals surface area contributed by atoms with Crippen LogP contribution in [-0.2, 0) is 0 Å². The smallest absolute Gasteiger partial charge is 0.187 e. The molecule has 1 N–H and O–H groups in total. The van der Waals surface area contributed by atoms with Gasteiger partial charge in [-0.15, -0.1) is 0 Å². The Kier molecular flexibility index (Phi) is 6.46. The van der Waals surface area contributed by atoms with Crippen LogP contribution in [0.25, 0.3) is 11.1 Å². The third-order valence-corrected chi connectivity index (χ3v) is 4.99. The average molecular weight is 426 g/mol. The van der Waals surface area contributed by atoms with E-state index in [0.717, 1.165) is 16.8 Å². The molecule has 4 rings (SSSR count). The quantitative estimate of drug-likeness (QED) is 0.244. The summed E-state index contributed by atoms with van der Waals surface area (Å²) in [6.07, 6.45) is 3.16. The van der Waals surface area contributed by atoms with Gasteiger partial charge in [0.2, 0.25) is 0 Å². The fourth-order valence-corrected chi connectivity index (χ4v) is 3.22. The van der Waals surface area contributed by atoms with Gasteiger partial charge < -0.3 is 10.1 Å². The van der Waals surface area contributed by atoms with Crippen LogP contribution in [0.5, 0.6) is 11.5 Å². The first-order valence-electron chi connectivity index (χ1n) is 9.84. The molecule has 0 aromatic heterocycles. The highest BCUT2D eigenvalue weighted by atomic mass is 35.5. The van der Waals surface area contributed by atoms with E-state index in [-0.39, 0.29) is 5.78 Å². The van der Waals surface area contributed by atoms with Crippen LogP contribution in [0.4, 0.5) is 5.69 Å². The van der Waals surface area contributed by atoms with Crippen molar-refractivity contribution < 1.29 is 9.53 Å². The summed E-state index contributed by atoms with van der Waals surface area (Å²) < 4.78 is 5.77. The Hall–Kier alpha value is -3.82. The molecule has 0 aliphatic heterocycles. The Labute approximate surface area is 186 Å². The van der Waals surface area contributed by atoms with Crippen molar-refractivity contribution in [2.45, 2.75) is 0 Å². The van der Waals surface area contributed by atoms with Gasteiger partial charge in [-0.3, -0.25) is 4.79 Å². The Balaban J connectivity index is 1.34. The predicted molar refractivity (Wildman–Crippen MR) is 127 cm³/mol. The Bertz CT molecular complexity index is 1180. The average Bonchev–Trinajstić information content (AvgIpc) is 2.82. The number of halogens is 1. The van der Waals surface area contributed by atoms with Crippen LogP contribution in [0.1, 0.15) is 10.4 Å². The van der Waals surface area contributed by atoms with Crippen molar-refractivity contribution in [2.24, 2.45) is 0 Å². The third kappa shape index (κ3) is 5.41. The Morgan fingerprint density at radius 3 is 2.10 bits per heavy atom. The zero-order valence-corrected chi connectivity index (χ0v) is 17.4. The number of ether oxygens (including phenoxy) is 1. The number of rotatable bonds is 7. The number of anilines is 1. The van der Waals surface area contributed by atoms with E-state index in [2.05, 4.69) is 5.32 Å². The van der Waals surface area contributed by atoms with Gasteiger partial charge in [0, 0.05) is 23.5 Å². The summed E-state index contributed by atoms with van der Waals surface area (Å²) in [7, 11) is 0. The molecule has 0 spiro atoms. The molecule has 4 aromatic carbocycles. The fourth-order valence-electron chi connectivity index (χ4n) is 3.04. The van der Waals surface area contributed by atoms with Gasteiger partial charge in [-0.2, -0.15) is 0 Å². The molecule has 0 aliphatic carbocycles. The predicted octanol–water partition coefficient (Wildman–Crippen LogP) is 7.61. The highest BCUT2D eigenvalue weighted by Gasteiger charge is 2.04. The van der Waals surface area contributed by atoms with E-state index >= 15 is 0 Å². The molecule has 4 heteroatoms. The van der Waals surface area contributed by atoms with E-state index in [0.29, 0.717) is 22.1 Å². The van der Waals surface area contributed by atoms with Crippen LogP contribution in [0, 0.1) is 0 Å². The third-order valence-electron chi connectivity index (χ3n) is 4.68. The van der Waals surface area contributed by atoms with Crippen LogP contribution in [0.3, 0.4) is 0 Å². The maximum Gasteiger partial charge on any atom is 0.187 e. The molecular weight excluding hydrogens is 406 g/mol. The Morgan fingerprint density at radius 2 is 1.39 bits per heavy atom. The summed E-state index contributed by atoms with van der Waals surface area (Å²) in [5, 5.41) is 3.66. The highest BCUT2D eigenvalue weighted by Crippen LogP contribution is 2.29. The number of ketones is 1. The molecule has 0 saturated heterocycles. The Morgan fingerprint density at radius 1 is 0.742 bits per heavy atom. The van der Waals surface area contributed by atoms with Gasteiger partial charge in [0.25, 0.3) is 0 Å². The number of benzene rings is 4. The first-order valence-corrected chi connectivity index (χ1v) is 10.2. The number of nitrogens with one attached hydrogen (secondary N) is 1. The van der Waals surface area contributed by atoms with Crippen molar-refractivity contribution in [3.8, 4) is 22.6 Å². The van der Waals surface area contributed by atoms with Crippen molar-refractivity contribution in [1.82, 2.24) is 0 Å². The normalized spacial score (nSPS) is 10.7. The summed E-state index contributed by atoms with van der Waals surface area (Å²) in [6.45, 7) is 0. The molecular formula is C27H20ClNO2. The molecule has 0 heterocycles. The van der Waals surface area contributed by atoms with Gasteiger partial charge in [-0.1, -0.05) is 78.3 Å². The first kappa shape index (κ1) is 20.5. The largest absolute Gasteiger partial charge is 0.456 e. The van der Waals surface area contributed by atoms with Crippen LogP contribution in [0.15, 0.2) is 115 Å². The molecule has 0 atom stereocenters. The lowest BCUT2D eigenvalue weighted by Gasteiger charge is -2.08. The van der Waals surface area contributed by atoms with Crippen LogP contribution < -0.4 is 10.1 Å². The summed E-state index contributed by atoms with van der Waals surface area (Å²) in [4.78, 5) is 12.4. The van der Waals surface area contributed by atoms with Crippen molar-refractivity contribution in [1.29, 1.82) is 0 Å². The molecule has 0 radical (unpaired) electrons. The second-order valence-corrected chi connectivity index (χ2v) is 7.25. The minimum atomic E-state index is -0.0641. The molecule has 4 aromatic rings. The second-order valence-electron chi connectivity index (χ2n) is 6.84. The number of hydrogen-bond donors (Lipinski definition) is 1. The first-order chi connectivity index (χ1) is 15.2. The minimum absolute atomic E-state index is 0.0641. The van der Waals surface area contributed by atoms with Crippen LogP contribution >= 0.6 is 11.6 Å². The molecule has 0 saturated carbocycles. The SMILES string of the molecule is O=C(/C=C/Nc1ccc(Oc2ccccc2Cl)cc1)c1ccc(-c2ccccc2)cc1. The summed E-state index contributed by atoms with van der Waals surface area (Å²) in [6, 6.07) is 32.4. The zero-order chi connectivity index (χ0) is 21.5. The number of allylic oxidation sites excluding steroid dienone is 1. The molecule has 0 amide bonds. The molecule has 0 fully saturated rings. The zero-order valence-electron chi connectivity index (χ0n) is 16.7. The van der Waals surface area contributed by atoms with Gasteiger partial charge in [0.05, 0.1) is 5.02 Å². The number of carbonyl (C=O) groups excluding carboxylic acids is 1. The fraction of sp³-hybridized carbons (Fsp3) is 0. The number of para-hydroxylation sites is 1. The van der Waals surface area contributed by atoms with Crippen molar-refractivity contribution >= 4 is 23.1 Å². The highest BCUT2D eigenvalue weighted by molar-refractivity contribution is 6.32. The molecule has 31 heavy (non-hydrogen) atoms. The lowest BCUT2D eigenvalue weighted by Crippen LogP contribution is -1.96. The van der Waals surface area contributed by atoms with Gasteiger partial charge in [0.15, 0.2) is 5.78 Å². The maximum atomic E-state index is 12.4. The number of hydrogen-bond acceptors (Lipinski definition) is 3. The molecule has 0 unspecified atom stereocenters. The second kappa shape index (κ2) is 9.79. The van der Waals surface area contributed by atoms with Gasteiger partial charge >= 0.3 is 0 Å². The number of carbonyl (C=O) groups is 1. The lowest BCUT2D eigenvalue weighted by atomic mass is 10.0.